The van der Waals surface area contributed by atoms with Crippen LogP contribution in [0.4, 0.5) is 11.4 Å². The third-order valence-corrected chi connectivity index (χ3v) is 5.22. The summed E-state index contributed by atoms with van der Waals surface area (Å²) in [6, 6.07) is 14.7. The Morgan fingerprint density at radius 3 is 2.64 bits per heavy atom. The lowest BCUT2D eigenvalue weighted by Gasteiger charge is -2.44. The van der Waals surface area contributed by atoms with Crippen molar-refractivity contribution in [1.29, 1.82) is 0 Å². The van der Waals surface area contributed by atoms with Gasteiger partial charge in [-0.05, 0) is 29.5 Å². The van der Waals surface area contributed by atoms with E-state index in [0.717, 1.165) is 17.5 Å². The predicted molar refractivity (Wildman–Crippen MR) is 95.4 cm³/mol. The fraction of sp³-hybridized carbons (Fsp3) is 0.250. The molecule has 25 heavy (non-hydrogen) atoms. The number of carbonyl (C=O) groups is 1. The molecular weight excluding hydrogens is 316 g/mol. The lowest BCUT2D eigenvalue weighted by atomic mass is 9.75. The van der Waals surface area contributed by atoms with Crippen molar-refractivity contribution in [2.45, 2.75) is 25.3 Å². The Kier molecular flexibility index (Phi) is 3.64. The lowest BCUT2D eigenvalue weighted by Crippen LogP contribution is -2.42. The normalized spacial score (nSPS) is 23.9. The molecule has 4 rings (SSSR count). The van der Waals surface area contributed by atoms with Crippen LogP contribution in [0.1, 0.15) is 36.4 Å². The molecule has 0 saturated carbocycles. The zero-order valence-electron chi connectivity index (χ0n) is 13.8. The van der Waals surface area contributed by atoms with Crippen molar-refractivity contribution >= 4 is 17.3 Å². The highest BCUT2D eigenvalue weighted by Gasteiger charge is 2.44. The number of nitro groups is 1. The van der Waals surface area contributed by atoms with Crippen molar-refractivity contribution in [2.24, 2.45) is 5.92 Å². The van der Waals surface area contributed by atoms with E-state index in [9.17, 15) is 14.9 Å². The van der Waals surface area contributed by atoms with E-state index in [1.807, 2.05) is 30.3 Å². The lowest BCUT2D eigenvalue weighted by molar-refractivity contribution is -0.384. The molecule has 0 N–H and O–H groups in total. The zero-order valence-corrected chi connectivity index (χ0v) is 13.8. The average molecular weight is 334 g/mol. The number of allylic oxidation sites excluding steroid dienone is 2. The Balaban J connectivity index is 1.94. The Morgan fingerprint density at radius 2 is 1.96 bits per heavy atom. The smallest absolute Gasteiger partial charge is 0.271 e. The number of carbonyl (C=O) groups excluding carboxylic acids is 1. The molecule has 0 spiro atoms. The standard InChI is InChI=1S/C20H18N2O3/c1-13(23)21-19-12-15(22(24)25)10-11-17(19)16-8-5-9-18(16)20(21)14-6-3-2-4-7-14/h2-8,10-12,16,18,20H,9H2,1H3/t16-,18-,20-/m1/s1. The molecule has 0 bridgehead atoms. The van der Waals surface area contributed by atoms with Gasteiger partial charge in [0.25, 0.3) is 5.69 Å². The highest BCUT2D eigenvalue weighted by atomic mass is 16.6. The fourth-order valence-electron chi connectivity index (χ4n) is 4.22. The Morgan fingerprint density at radius 1 is 1.20 bits per heavy atom. The molecule has 1 heterocycles. The molecule has 3 atom stereocenters. The number of nitrogens with zero attached hydrogens (tertiary/aromatic N) is 2. The predicted octanol–water partition coefficient (Wildman–Crippen LogP) is 4.36. The maximum atomic E-state index is 12.6. The third-order valence-electron chi connectivity index (χ3n) is 5.22. The van der Waals surface area contributed by atoms with E-state index in [4.69, 9.17) is 0 Å². The minimum absolute atomic E-state index is 0.0113. The van der Waals surface area contributed by atoms with Crippen molar-refractivity contribution in [3.63, 3.8) is 0 Å². The first-order valence-electron chi connectivity index (χ1n) is 8.37. The largest absolute Gasteiger partial charge is 0.304 e. The second-order valence-corrected chi connectivity index (χ2v) is 6.60. The van der Waals surface area contributed by atoms with Gasteiger partial charge >= 0.3 is 0 Å². The highest BCUT2D eigenvalue weighted by Crippen LogP contribution is 2.53. The van der Waals surface area contributed by atoms with Gasteiger partial charge < -0.3 is 4.90 Å². The molecule has 0 unspecified atom stereocenters. The van der Waals surface area contributed by atoms with Crippen LogP contribution in [-0.2, 0) is 4.79 Å². The second kappa shape index (κ2) is 5.84. The van der Waals surface area contributed by atoms with Gasteiger partial charge in [-0.25, -0.2) is 0 Å². The second-order valence-electron chi connectivity index (χ2n) is 6.60. The van der Waals surface area contributed by atoms with Gasteiger partial charge in [-0.1, -0.05) is 42.5 Å². The van der Waals surface area contributed by atoms with E-state index in [1.165, 1.54) is 19.1 Å². The molecule has 0 fully saturated rings. The van der Waals surface area contributed by atoms with Crippen LogP contribution in [0.3, 0.4) is 0 Å². The molecule has 2 aromatic rings. The van der Waals surface area contributed by atoms with Gasteiger partial charge in [0.2, 0.25) is 5.91 Å². The van der Waals surface area contributed by atoms with E-state index < -0.39 is 4.92 Å². The van der Waals surface area contributed by atoms with E-state index in [0.29, 0.717) is 5.69 Å². The average Bonchev–Trinajstić information content (AvgIpc) is 3.10. The van der Waals surface area contributed by atoms with Gasteiger partial charge in [0.05, 0.1) is 16.7 Å². The summed E-state index contributed by atoms with van der Waals surface area (Å²) < 4.78 is 0. The van der Waals surface area contributed by atoms with Crippen molar-refractivity contribution in [3.05, 3.63) is 81.9 Å². The quantitative estimate of drug-likeness (QED) is 0.465. The Labute approximate surface area is 145 Å². The number of anilines is 1. The molecular formula is C20H18N2O3. The Bertz CT molecular complexity index is 876. The molecule has 0 saturated heterocycles. The van der Waals surface area contributed by atoms with Crippen LogP contribution in [0.25, 0.3) is 0 Å². The first-order valence-corrected chi connectivity index (χ1v) is 8.37. The van der Waals surface area contributed by atoms with Gasteiger partial charge in [0.1, 0.15) is 0 Å². The number of amides is 1. The molecule has 2 aromatic carbocycles. The number of benzene rings is 2. The molecule has 1 aliphatic heterocycles. The molecule has 0 radical (unpaired) electrons. The van der Waals surface area contributed by atoms with Crippen molar-refractivity contribution in [3.8, 4) is 0 Å². The minimum atomic E-state index is -0.410. The van der Waals surface area contributed by atoms with Crippen LogP contribution in [0.15, 0.2) is 60.7 Å². The van der Waals surface area contributed by atoms with Crippen molar-refractivity contribution in [1.82, 2.24) is 0 Å². The van der Waals surface area contributed by atoms with Gasteiger partial charge in [-0.2, -0.15) is 0 Å². The number of fused-ring (bicyclic) bond motifs is 3. The number of hydrogen-bond donors (Lipinski definition) is 0. The molecule has 1 amide bonds. The summed E-state index contributed by atoms with van der Waals surface area (Å²) in [6.07, 6.45) is 5.22. The minimum Gasteiger partial charge on any atom is -0.304 e. The van der Waals surface area contributed by atoms with E-state index >= 15 is 0 Å². The number of hydrogen-bond acceptors (Lipinski definition) is 3. The van der Waals surface area contributed by atoms with Gasteiger partial charge in [-0.3, -0.25) is 14.9 Å². The summed E-state index contributed by atoms with van der Waals surface area (Å²) in [6.45, 7) is 1.53. The zero-order chi connectivity index (χ0) is 17.6. The summed E-state index contributed by atoms with van der Waals surface area (Å²) in [5.41, 5.74) is 2.72. The number of rotatable bonds is 2. The van der Waals surface area contributed by atoms with Gasteiger partial charge in [0.15, 0.2) is 0 Å². The third kappa shape index (κ3) is 2.43. The van der Waals surface area contributed by atoms with Gasteiger partial charge in [-0.15, -0.1) is 0 Å². The van der Waals surface area contributed by atoms with Gasteiger partial charge in [0, 0.05) is 25.0 Å². The van der Waals surface area contributed by atoms with Crippen LogP contribution in [-0.4, -0.2) is 10.8 Å². The van der Waals surface area contributed by atoms with Crippen LogP contribution >= 0.6 is 0 Å². The molecule has 1 aliphatic carbocycles. The summed E-state index contributed by atoms with van der Waals surface area (Å²) in [4.78, 5) is 25.1. The van der Waals surface area contributed by atoms with Crippen LogP contribution in [0, 0.1) is 16.0 Å². The fourth-order valence-corrected chi connectivity index (χ4v) is 4.22. The summed E-state index contributed by atoms with van der Waals surface area (Å²) in [5, 5.41) is 11.2. The molecule has 5 nitrogen and oxygen atoms in total. The van der Waals surface area contributed by atoms with E-state index in [1.54, 1.807) is 11.0 Å². The molecule has 126 valence electrons. The topological polar surface area (TPSA) is 63.5 Å². The summed E-state index contributed by atoms with van der Waals surface area (Å²) in [7, 11) is 0. The maximum absolute atomic E-state index is 12.6. The SMILES string of the molecule is CC(=O)N1c2cc([N+](=O)[O-])ccc2[C@H]2C=CC[C@H]2[C@H]1c1ccccc1. The van der Waals surface area contributed by atoms with E-state index in [-0.39, 0.29) is 29.5 Å². The van der Waals surface area contributed by atoms with Crippen molar-refractivity contribution in [2.75, 3.05) is 4.90 Å². The van der Waals surface area contributed by atoms with E-state index in [2.05, 4.69) is 12.2 Å². The van der Waals surface area contributed by atoms with Crippen molar-refractivity contribution < 1.29 is 9.72 Å². The first-order chi connectivity index (χ1) is 12.1. The number of non-ortho nitro benzene ring substituents is 1. The van der Waals surface area contributed by atoms with Crippen LogP contribution in [0.2, 0.25) is 0 Å². The summed E-state index contributed by atoms with van der Waals surface area (Å²) in [5.74, 6) is 0.331. The monoisotopic (exact) mass is 334 g/mol. The van der Waals surface area contributed by atoms with Crippen LogP contribution in [0.5, 0.6) is 0 Å². The maximum Gasteiger partial charge on any atom is 0.271 e. The first kappa shape index (κ1) is 15.6. The highest BCUT2D eigenvalue weighted by molar-refractivity contribution is 5.94. The molecule has 5 heteroatoms. The summed E-state index contributed by atoms with van der Waals surface area (Å²) >= 11 is 0. The molecule has 0 aromatic heterocycles. The molecule has 2 aliphatic rings. The van der Waals surface area contributed by atoms with Crippen LogP contribution < -0.4 is 4.90 Å². The number of nitro benzene ring substituents is 1. The Hall–Kier alpha value is -2.95.